The van der Waals surface area contributed by atoms with Crippen LogP contribution in [0, 0.1) is 6.92 Å². The van der Waals surface area contributed by atoms with Gasteiger partial charge in [0.1, 0.15) is 0 Å². The van der Waals surface area contributed by atoms with Gasteiger partial charge in [-0.05, 0) is 65.2 Å². The van der Waals surface area contributed by atoms with E-state index in [0.29, 0.717) is 28.5 Å². The van der Waals surface area contributed by atoms with Crippen LogP contribution in [-0.2, 0) is 9.59 Å². The van der Waals surface area contributed by atoms with Gasteiger partial charge in [0, 0.05) is 16.6 Å². The van der Waals surface area contributed by atoms with Crippen molar-refractivity contribution in [2.24, 2.45) is 0 Å². The summed E-state index contributed by atoms with van der Waals surface area (Å²) in [6.45, 7) is 3.97. The lowest BCUT2D eigenvalue weighted by molar-refractivity contribution is -0.116. The smallest absolute Gasteiger partial charge is 0.243 e. The van der Waals surface area contributed by atoms with Crippen LogP contribution in [0.3, 0.4) is 0 Å². The van der Waals surface area contributed by atoms with Gasteiger partial charge in [-0.1, -0.05) is 24.6 Å². The number of hydrogen-bond acceptors (Lipinski definition) is 3. The molecule has 138 valence electrons. The van der Waals surface area contributed by atoms with E-state index in [-0.39, 0.29) is 18.4 Å². The zero-order valence-electron chi connectivity index (χ0n) is 14.7. The minimum atomic E-state index is -0.203. The summed E-state index contributed by atoms with van der Waals surface area (Å²) in [7, 11) is 0. The highest BCUT2D eigenvalue weighted by Crippen LogP contribution is 2.26. The van der Waals surface area contributed by atoms with E-state index in [2.05, 4.69) is 31.9 Å². The zero-order chi connectivity index (χ0) is 19.1. The number of rotatable bonds is 7. The largest absolute Gasteiger partial charge is 0.375 e. The molecule has 0 unspecified atom stereocenters. The van der Waals surface area contributed by atoms with Crippen LogP contribution >= 0.6 is 27.5 Å². The molecule has 2 amide bonds. The lowest BCUT2D eigenvalue weighted by Crippen LogP contribution is -2.22. The first kappa shape index (κ1) is 20.3. The predicted octanol–water partition coefficient (Wildman–Crippen LogP) is 5.20. The van der Waals surface area contributed by atoms with Gasteiger partial charge >= 0.3 is 0 Å². The first-order valence-electron chi connectivity index (χ1n) is 8.28. The van der Waals surface area contributed by atoms with E-state index in [0.717, 1.165) is 16.5 Å². The molecule has 0 heterocycles. The highest BCUT2D eigenvalue weighted by molar-refractivity contribution is 9.10. The van der Waals surface area contributed by atoms with E-state index in [1.165, 1.54) is 0 Å². The van der Waals surface area contributed by atoms with Crippen molar-refractivity contribution in [1.29, 1.82) is 0 Å². The van der Waals surface area contributed by atoms with E-state index < -0.39 is 0 Å². The third-order valence-corrected chi connectivity index (χ3v) is 4.55. The third kappa shape index (κ3) is 6.04. The maximum atomic E-state index is 12.2. The summed E-state index contributed by atoms with van der Waals surface area (Å²) in [4.78, 5) is 23.9. The maximum Gasteiger partial charge on any atom is 0.243 e. The van der Waals surface area contributed by atoms with Crippen LogP contribution in [-0.4, -0.2) is 18.4 Å². The fourth-order valence-electron chi connectivity index (χ4n) is 2.28. The van der Waals surface area contributed by atoms with Gasteiger partial charge in [0.25, 0.3) is 0 Å². The minimum Gasteiger partial charge on any atom is -0.375 e. The van der Waals surface area contributed by atoms with Crippen molar-refractivity contribution in [3.05, 3.63) is 51.5 Å². The topological polar surface area (TPSA) is 70.2 Å². The molecule has 0 aliphatic heterocycles. The SMILES string of the molecule is CCCC(=O)Nc1ccc(Cl)c(NCC(=O)Nc2ccc(C)cc2Br)c1. The molecule has 0 fully saturated rings. The highest BCUT2D eigenvalue weighted by Gasteiger charge is 2.09. The number of hydrogen-bond donors (Lipinski definition) is 3. The molecule has 0 radical (unpaired) electrons. The summed E-state index contributed by atoms with van der Waals surface area (Å²) in [6.07, 6.45) is 1.23. The molecule has 2 rings (SSSR count). The van der Waals surface area contributed by atoms with Crippen molar-refractivity contribution in [2.45, 2.75) is 26.7 Å². The van der Waals surface area contributed by atoms with Gasteiger partial charge in [-0.25, -0.2) is 0 Å². The van der Waals surface area contributed by atoms with E-state index >= 15 is 0 Å². The van der Waals surface area contributed by atoms with Gasteiger partial charge in [0.05, 0.1) is 22.9 Å². The van der Waals surface area contributed by atoms with Gasteiger partial charge in [0.2, 0.25) is 11.8 Å². The molecule has 26 heavy (non-hydrogen) atoms. The fourth-order valence-corrected chi connectivity index (χ4v) is 3.06. The molecular weight excluding hydrogens is 418 g/mol. The quantitative estimate of drug-likeness (QED) is 0.556. The molecule has 0 aliphatic rings. The van der Waals surface area contributed by atoms with Gasteiger partial charge in [-0.3, -0.25) is 9.59 Å². The first-order valence-corrected chi connectivity index (χ1v) is 9.45. The lowest BCUT2D eigenvalue weighted by atomic mass is 10.2. The van der Waals surface area contributed by atoms with Crippen molar-refractivity contribution in [1.82, 2.24) is 0 Å². The Kier molecular flexibility index (Phi) is 7.48. The van der Waals surface area contributed by atoms with Crippen LogP contribution in [0.5, 0.6) is 0 Å². The highest BCUT2D eigenvalue weighted by atomic mass is 79.9. The van der Waals surface area contributed by atoms with E-state index in [1.54, 1.807) is 18.2 Å². The summed E-state index contributed by atoms with van der Waals surface area (Å²) in [5, 5.41) is 9.11. The second kappa shape index (κ2) is 9.59. The molecule has 0 saturated carbocycles. The lowest BCUT2D eigenvalue weighted by Gasteiger charge is -2.12. The van der Waals surface area contributed by atoms with Crippen LogP contribution in [0.2, 0.25) is 5.02 Å². The van der Waals surface area contributed by atoms with Gasteiger partial charge in [-0.2, -0.15) is 0 Å². The summed E-state index contributed by atoms with van der Waals surface area (Å²) >= 11 is 9.60. The summed E-state index contributed by atoms with van der Waals surface area (Å²) in [5.41, 5.74) is 3.02. The fraction of sp³-hybridized carbons (Fsp3) is 0.263. The second-order valence-electron chi connectivity index (χ2n) is 5.88. The number of carbonyl (C=O) groups excluding carboxylic acids is 2. The predicted molar refractivity (Wildman–Crippen MR) is 111 cm³/mol. The monoisotopic (exact) mass is 437 g/mol. The number of anilines is 3. The Morgan fingerprint density at radius 2 is 1.81 bits per heavy atom. The summed E-state index contributed by atoms with van der Waals surface area (Å²) < 4.78 is 0.824. The van der Waals surface area contributed by atoms with Crippen molar-refractivity contribution >= 4 is 56.4 Å². The van der Waals surface area contributed by atoms with Crippen LogP contribution in [0.4, 0.5) is 17.1 Å². The normalized spacial score (nSPS) is 10.3. The van der Waals surface area contributed by atoms with Crippen LogP contribution in [0.25, 0.3) is 0 Å². The Labute approximate surface area is 166 Å². The minimum absolute atomic E-state index is 0.0480. The van der Waals surface area contributed by atoms with Gasteiger partial charge in [0.15, 0.2) is 0 Å². The number of halogens is 2. The molecule has 5 nitrogen and oxygen atoms in total. The van der Waals surface area contributed by atoms with Crippen molar-refractivity contribution in [2.75, 3.05) is 22.5 Å². The first-order chi connectivity index (χ1) is 12.4. The number of benzene rings is 2. The Hall–Kier alpha value is -2.05. The average molecular weight is 439 g/mol. The molecule has 0 atom stereocenters. The molecule has 0 saturated heterocycles. The van der Waals surface area contributed by atoms with Gasteiger partial charge < -0.3 is 16.0 Å². The molecule has 0 spiro atoms. The third-order valence-electron chi connectivity index (χ3n) is 3.57. The van der Waals surface area contributed by atoms with Crippen molar-refractivity contribution in [3.8, 4) is 0 Å². The van der Waals surface area contributed by atoms with E-state index in [9.17, 15) is 9.59 Å². The van der Waals surface area contributed by atoms with Crippen molar-refractivity contribution in [3.63, 3.8) is 0 Å². The maximum absolute atomic E-state index is 12.2. The molecule has 0 bridgehead atoms. The molecule has 0 aromatic heterocycles. The number of carbonyl (C=O) groups is 2. The standard InChI is InChI=1S/C19H21BrClN3O2/c1-3-4-18(25)23-13-6-7-15(21)17(10-13)22-11-19(26)24-16-8-5-12(2)9-14(16)20/h5-10,22H,3-4,11H2,1-2H3,(H,23,25)(H,24,26). The zero-order valence-corrected chi connectivity index (χ0v) is 17.0. The van der Waals surface area contributed by atoms with Crippen LogP contribution in [0.1, 0.15) is 25.3 Å². The molecule has 3 N–H and O–H groups in total. The van der Waals surface area contributed by atoms with Crippen LogP contribution in [0.15, 0.2) is 40.9 Å². The Morgan fingerprint density at radius 3 is 2.50 bits per heavy atom. The Bertz CT molecular complexity index is 811. The van der Waals surface area contributed by atoms with Gasteiger partial charge in [-0.15, -0.1) is 0 Å². The Balaban J connectivity index is 1.97. The van der Waals surface area contributed by atoms with E-state index in [1.807, 2.05) is 32.0 Å². The average Bonchev–Trinajstić information content (AvgIpc) is 2.58. The van der Waals surface area contributed by atoms with E-state index in [4.69, 9.17) is 11.6 Å². The number of amides is 2. The molecule has 7 heteroatoms. The number of nitrogens with one attached hydrogen (secondary N) is 3. The summed E-state index contributed by atoms with van der Waals surface area (Å²) in [5.74, 6) is -0.256. The van der Waals surface area contributed by atoms with Crippen molar-refractivity contribution < 1.29 is 9.59 Å². The van der Waals surface area contributed by atoms with Crippen LogP contribution < -0.4 is 16.0 Å². The molecule has 2 aromatic rings. The second-order valence-corrected chi connectivity index (χ2v) is 7.14. The summed E-state index contributed by atoms with van der Waals surface area (Å²) in [6, 6.07) is 10.8. The Morgan fingerprint density at radius 1 is 1.04 bits per heavy atom. The molecule has 2 aromatic carbocycles. The number of aryl methyl sites for hydroxylation is 1. The molecule has 0 aliphatic carbocycles. The molecular formula is C19H21BrClN3O2.